The Labute approximate surface area is 103 Å². The fraction of sp³-hybridized carbons (Fsp3) is 0.833. The molecule has 3 N–H and O–H groups in total. The van der Waals surface area contributed by atoms with Crippen LogP contribution >= 0.6 is 0 Å². The van der Waals surface area contributed by atoms with Crippen LogP contribution in [0.15, 0.2) is 0 Å². The largest absolute Gasteiger partial charge is 0.354 e. The summed E-state index contributed by atoms with van der Waals surface area (Å²) in [6.45, 7) is 7.32. The van der Waals surface area contributed by atoms with Crippen molar-refractivity contribution < 1.29 is 9.59 Å². The zero-order valence-electron chi connectivity index (χ0n) is 10.9. The molecule has 2 atom stereocenters. The highest BCUT2D eigenvalue weighted by Gasteiger charge is 2.21. The van der Waals surface area contributed by atoms with Gasteiger partial charge in [0, 0.05) is 25.6 Å². The highest BCUT2D eigenvalue weighted by atomic mass is 16.2. The Morgan fingerprint density at radius 3 is 2.71 bits per heavy atom. The van der Waals surface area contributed by atoms with Crippen LogP contribution in [0.1, 0.15) is 33.6 Å². The Hall–Kier alpha value is -1.10. The van der Waals surface area contributed by atoms with E-state index in [0.717, 1.165) is 6.42 Å². The maximum absolute atomic E-state index is 11.7. The molecular formula is C12H23N3O2. The highest BCUT2D eigenvalue weighted by Crippen LogP contribution is 2.05. The fourth-order valence-electron chi connectivity index (χ4n) is 1.70. The minimum atomic E-state index is -0.216. The van der Waals surface area contributed by atoms with E-state index in [9.17, 15) is 9.59 Å². The number of hydrogen-bond donors (Lipinski definition) is 3. The van der Waals surface area contributed by atoms with Crippen molar-refractivity contribution in [2.45, 2.75) is 45.7 Å². The molecule has 0 saturated carbocycles. The Kier molecular flexibility index (Phi) is 5.41. The zero-order chi connectivity index (χ0) is 12.8. The van der Waals surface area contributed by atoms with Gasteiger partial charge in [0.15, 0.2) is 0 Å². The first-order chi connectivity index (χ1) is 7.99. The summed E-state index contributed by atoms with van der Waals surface area (Å²) in [6, 6.07) is -0.0471. The SMILES string of the molecule is CC(C)CNC(=O)C(C)NCC1CCC(=O)N1. The molecule has 2 amide bonds. The van der Waals surface area contributed by atoms with Crippen LogP contribution in [-0.4, -0.2) is 37.0 Å². The molecule has 0 bridgehead atoms. The van der Waals surface area contributed by atoms with Gasteiger partial charge in [-0.05, 0) is 19.3 Å². The first-order valence-electron chi connectivity index (χ1n) is 6.29. The molecule has 0 radical (unpaired) electrons. The molecule has 0 aromatic carbocycles. The summed E-state index contributed by atoms with van der Waals surface area (Å²) in [5.41, 5.74) is 0. The Morgan fingerprint density at radius 1 is 1.47 bits per heavy atom. The van der Waals surface area contributed by atoms with Gasteiger partial charge in [0.1, 0.15) is 0 Å². The molecule has 0 aromatic heterocycles. The van der Waals surface area contributed by atoms with E-state index in [1.54, 1.807) is 0 Å². The summed E-state index contributed by atoms with van der Waals surface area (Å²) in [5.74, 6) is 0.581. The number of carbonyl (C=O) groups is 2. The second kappa shape index (κ2) is 6.59. The third-order valence-electron chi connectivity index (χ3n) is 2.83. The van der Waals surface area contributed by atoms with E-state index in [0.29, 0.717) is 25.4 Å². The van der Waals surface area contributed by atoms with E-state index in [2.05, 4.69) is 29.8 Å². The van der Waals surface area contributed by atoms with Gasteiger partial charge in [-0.1, -0.05) is 13.8 Å². The lowest BCUT2D eigenvalue weighted by molar-refractivity contribution is -0.122. The average Bonchev–Trinajstić information content (AvgIpc) is 2.68. The number of carbonyl (C=O) groups excluding carboxylic acids is 2. The molecule has 1 aliphatic rings. The zero-order valence-corrected chi connectivity index (χ0v) is 10.9. The highest BCUT2D eigenvalue weighted by molar-refractivity contribution is 5.81. The van der Waals surface area contributed by atoms with Crippen LogP contribution in [-0.2, 0) is 9.59 Å². The molecule has 1 heterocycles. The van der Waals surface area contributed by atoms with Crippen LogP contribution in [0.2, 0.25) is 0 Å². The Balaban J connectivity index is 2.17. The van der Waals surface area contributed by atoms with Crippen molar-refractivity contribution in [2.24, 2.45) is 5.92 Å². The molecule has 17 heavy (non-hydrogen) atoms. The standard InChI is InChI=1S/C12H23N3O2/c1-8(2)6-14-12(17)9(3)13-7-10-4-5-11(16)15-10/h8-10,13H,4-7H2,1-3H3,(H,14,17)(H,15,16). The minimum Gasteiger partial charge on any atom is -0.354 e. The van der Waals surface area contributed by atoms with Crippen molar-refractivity contribution in [3.05, 3.63) is 0 Å². The molecule has 1 saturated heterocycles. The fourth-order valence-corrected chi connectivity index (χ4v) is 1.70. The second-order valence-electron chi connectivity index (χ2n) is 5.07. The van der Waals surface area contributed by atoms with E-state index in [-0.39, 0.29) is 23.9 Å². The van der Waals surface area contributed by atoms with Gasteiger partial charge in [0.2, 0.25) is 11.8 Å². The number of nitrogens with one attached hydrogen (secondary N) is 3. The lowest BCUT2D eigenvalue weighted by Crippen LogP contribution is -2.47. The third kappa shape index (κ3) is 5.17. The van der Waals surface area contributed by atoms with E-state index in [4.69, 9.17) is 0 Å². The molecule has 98 valence electrons. The van der Waals surface area contributed by atoms with Gasteiger partial charge in [-0.25, -0.2) is 0 Å². The molecule has 0 aliphatic carbocycles. The second-order valence-corrected chi connectivity index (χ2v) is 5.07. The van der Waals surface area contributed by atoms with Gasteiger partial charge in [-0.2, -0.15) is 0 Å². The van der Waals surface area contributed by atoms with Crippen molar-refractivity contribution >= 4 is 11.8 Å². The number of rotatable bonds is 6. The van der Waals surface area contributed by atoms with Crippen LogP contribution in [0, 0.1) is 5.92 Å². The molecule has 5 nitrogen and oxygen atoms in total. The first-order valence-corrected chi connectivity index (χ1v) is 6.29. The summed E-state index contributed by atoms with van der Waals surface area (Å²) in [6.07, 6.45) is 1.45. The summed E-state index contributed by atoms with van der Waals surface area (Å²) < 4.78 is 0. The molecule has 2 unspecified atom stereocenters. The lowest BCUT2D eigenvalue weighted by Gasteiger charge is -2.17. The van der Waals surface area contributed by atoms with Crippen molar-refractivity contribution in [1.82, 2.24) is 16.0 Å². The van der Waals surface area contributed by atoms with Crippen molar-refractivity contribution in [3.63, 3.8) is 0 Å². The minimum absolute atomic E-state index is 0.0167. The lowest BCUT2D eigenvalue weighted by atomic mass is 10.2. The molecule has 1 aliphatic heterocycles. The average molecular weight is 241 g/mol. The molecule has 1 fully saturated rings. The molecule has 1 rings (SSSR count). The summed E-state index contributed by atoms with van der Waals surface area (Å²) in [4.78, 5) is 22.6. The molecular weight excluding hydrogens is 218 g/mol. The third-order valence-corrected chi connectivity index (χ3v) is 2.83. The summed E-state index contributed by atoms with van der Waals surface area (Å²) in [7, 11) is 0. The number of hydrogen-bond acceptors (Lipinski definition) is 3. The quantitative estimate of drug-likeness (QED) is 0.614. The molecule has 0 spiro atoms. The van der Waals surface area contributed by atoms with E-state index < -0.39 is 0 Å². The Bertz CT molecular complexity index is 279. The van der Waals surface area contributed by atoms with Gasteiger partial charge in [0.25, 0.3) is 0 Å². The normalized spacial score (nSPS) is 21.4. The maximum Gasteiger partial charge on any atom is 0.236 e. The van der Waals surface area contributed by atoms with Crippen LogP contribution in [0.25, 0.3) is 0 Å². The summed E-state index contributed by atoms with van der Waals surface area (Å²) in [5, 5.41) is 8.88. The van der Waals surface area contributed by atoms with Crippen molar-refractivity contribution in [3.8, 4) is 0 Å². The van der Waals surface area contributed by atoms with Crippen LogP contribution < -0.4 is 16.0 Å². The molecule has 0 aromatic rings. The Morgan fingerprint density at radius 2 is 2.18 bits per heavy atom. The monoisotopic (exact) mass is 241 g/mol. The van der Waals surface area contributed by atoms with Gasteiger partial charge >= 0.3 is 0 Å². The van der Waals surface area contributed by atoms with E-state index in [1.807, 2.05) is 6.92 Å². The van der Waals surface area contributed by atoms with Crippen molar-refractivity contribution in [2.75, 3.05) is 13.1 Å². The van der Waals surface area contributed by atoms with Gasteiger partial charge in [-0.3, -0.25) is 9.59 Å². The van der Waals surface area contributed by atoms with Crippen LogP contribution in [0.5, 0.6) is 0 Å². The molecule has 5 heteroatoms. The predicted molar refractivity (Wildman–Crippen MR) is 66.5 cm³/mol. The van der Waals surface area contributed by atoms with Gasteiger partial charge in [-0.15, -0.1) is 0 Å². The van der Waals surface area contributed by atoms with Gasteiger partial charge in [0.05, 0.1) is 6.04 Å². The first kappa shape index (κ1) is 14.0. The van der Waals surface area contributed by atoms with Crippen molar-refractivity contribution in [1.29, 1.82) is 0 Å². The smallest absolute Gasteiger partial charge is 0.236 e. The maximum atomic E-state index is 11.7. The number of amides is 2. The summed E-state index contributed by atoms with van der Waals surface area (Å²) >= 11 is 0. The van der Waals surface area contributed by atoms with Crippen LogP contribution in [0.4, 0.5) is 0 Å². The van der Waals surface area contributed by atoms with Crippen LogP contribution in [0.3, 0.4) is 0 Å². The predicted octanol–water partition coefficient (Wildman–Crippen LogP) is 0.0153. The van der Waals surface area contributed by atoms with Gasteiger partial charge < -0.3 is 16.0 Å². The van der Waals surface area contributed by atoms with E-state index >= 15 is 0 Å². The topological polar surface area (TPSA) is 70.2 Å². The van der Waals surface area contributed by atoms with E-state index in [1.165, 1.54) is 0 Å².